The summed E-state index contributed by atoms with van der Waals surface area (Å²) in [4.78, 5) is 25.3. The minimum Gasteiger partial charge on any atom is -0.352 e. The third kappa shape index (κ3) is 3.58. The smallest absolute Gasteiger partial charge is 0.236 e. The molecule has 1 unspecified atom stereocenters. The Hall–Kier alpha value is -2.19. The minimum absolute atomic E-state index is 0.110. The Morgan fingerprint density at radius 3 is 2.75 bits per heavy atom. The summed E-state index contributed by atoms with van der Waals surface area (Å²) in [6, 6.07) is 7.50. The first kappa shape index (κ1) is 19.1. The van der Waals surface area contributed by atoms with Crippen LogP contribution < -0.4 is 4.90 Å². The number of hydrogen-bond donors (Lipinski definition) is 0. The van der Waals surface area contributed by atoms with E-state index in [1.807, 2.05) is 36.1 Å². The Balaban J connectivity index is 1.58. The van der Waals surface area contributed by atoms with E-state index in [-0.39, 0.29) is 10.7 Å². The number of anilines is 1. The number of alkyl halides is 1. The average Bonchev–Trinajstić information content (AvgIpc) is 3.17. The molecule has 0 aliphatic carbocycles. The number of carbonyl (C=O) groups excluding carboxylic acids is 1. The van der Waals surface area contributed by atoms with E-state index >= 15 is 0 Å². The second-order valence-corrected chi connectivity index (χ2v) is 8.20. The topological polar surface area (TPSA) is 67.2 Å². The van der Waals surface area contributed by atoms with Gasteiger partial charge in [-0.15, -0.1) is 0 Å². The maximum absolute atomic E-state index is 12.4. The van der Waals surface area contributed by atoms with Crippen LogP contribution in [0.4, 0.5) is 5.82 Å². The highest BCUT2D eigenvalue weighted by molar-refractivity contribution is 9.10. The van der Waals surface area contributed by atoms with E-state index in [0.29, 0.717) is 18.1 Å². The minimum atomic E-state index is -0.110. The van der Waals surface area contributed by atoms with Crippen LogP contribution in [0.5, 0.6) is 0 Å². The molecule has 1 aromatic carbocycles. The zero-order valence-electron chi connectivity index (χ0n) is 15.4. The highest BCUT2D eigenvalue weighted by Crippen LogP contribution is 2.26. The maximum Gasteiger partial charge on any atom is 0.236 e. The van der Waals surface area contributed by atoms with Crippen molar-refractivity contribution in [2.75, 3.05) is 31.1 Å². The van der Waals surface area contributed by atoms with Gasteiger partial charge in [0.05, 0.1) is 22.1 Å². The fourth-order valence-electron chi connectivity index (χ4n) is 3.39. The van der Waals surface area contributed by atoms with Crippen LogP contribution in [0, 0.1) is 0 Å². The molecule has 0 spiro atoms. The highest BCUT2D eigenvalue weighted by Gasteiger charge is 2.26. The van der Waals surface area contributed by atoms with Crippen molar-refractivity contribution in [1.82, 2.24) is 24.6 Å². The zero-order chi connectivity index (χ0) is 19.7. The molecule has 1 aliphatic rings. The summed E-state index contributed by atoms with van der Waals surface area (Å²) >= 11 is 9.57. The largest absolute Gasteiger partial charge is 0.352 e. The van der Waals surface area contributed by atoms with Gasteiger partial charge in [0, 0.05) is 31.2 Å². The normalized spacial score (nSPS) is 15.8. The Labute approximate surface area is 176 Å². The van der Waals surface area contributed by atoms with Crippen molar-refractivity contribution < 1.29 is 4.79 Å². The SMILES string of the molecule is CCC(Br)C(=O)N1CCN(c2ncnc3c2cnn3-c2cccc(Cl)c2)CC1. The van der Waals surface area contributed by atoms with Crippen molar-refractivity contribution in [1.29, 1.82) is 0 Å². The van der Waals surface area contributed by atoms with Crippen LogP contribution in [0.25, 0.3) is 16.7 Å². The van der Waals surface area contributed by atoms with E-state index in [9.17, 15) is 4.79 Å². The number of carbonyl (C=O) groups is 1. The Morgan fingerprint density at radius 1 is 1.25 bits per heavy atom. The molecular formula is C19H20BrClN6O. The number of fused-ring (bicyclic) bond motifs is 1. The monoisotopic (exact) mass is 462 g/mol. The number of rotatable bonds is 4. The number of hydrogen-bond acceptors (Lipinski definition) is 5. The lowest BCUT2D eigenvalue weighted by Gasteiger charge is -2.36. The maximum atomic E-state index is 12.4. The molecule has 7 nitrogen and oxygen atoms in total. The fraction of sp³-hybridized carbons (Fsp3) is 0.368. The van der Waals surface area contributed by atoms with Crippen molar-refractivity contribution in [2.45, 2.75) is 18.2 Å². The Morgan fingerprint density at radius 2 is 2.04 bits per heavy atom. The molecule has 4 rings (SSSR count). The first-order valence-corrected chi connectivity index (χ1v) is 10.5. The van der Waals surface area contributed by atoms with Crippen LogP contribution in [-0.2, 0) is 4.79 Å². The number of aromatic nitrogens is 4. The zero-order valence-corrected chi connectivity index (χ0v) is 17.8. The molecule has 0 radical (unpaired) electrons. The van der Waals surface area contributed by atoms with Gasteiger partial charge in [0.1, 0.15) is 12.1 Å². The predicted octanol–water partition coefficient (Wildman–Crippen LogP) is 3.29. The van der Waals surface area contributed by atoms with Crippen LogP contribution in [0.1, 0.15) is 13.3 Å². The van der Waals surface area contributed by atoms with Crippen molar-refractivity contribution in [2.24, 2.45) is 0 Å². The second kappa shape index (κ2) is 8.05. The van der Waals surface area contributed by atoms with Gasteiger partial charge in [0.2, 0.25) is 5.91 Å². The molecule has 1 atom stereocenters. The van der Waals surface area contributed by atoms with Gasteiger partial charge in [0.25, 0.3) is 0 Å². The van der Waals surface area contributed by atoms with E-state index < -0.39 is 0 Å². The van der Waals surface area contributed by atoms with Gasteiger partial charge in [-0.25, -0.2) is 14.6 Å². The molecule has 0 N–H and O–H groups in total. The van der Waals surface area contributed by atoms with E-state index in [1.54, 1.807) is 17.2 Å². The number of benzene rings is 1. The quantitative estimate of drug-likeness (QED) is 0.556. The van der Waals surface area contributed by atoms with Gasteiger partial charge in [0.15, 0.2) is 5.65 Å². The van der Waals surface area contributed by atoms with E-state index in [4.69, 9.17) is 11.6 Å². The molecule has 3 heterocycles. The van der Waals surface area contributed by atoms with Crippen LogP contribution in [0.2, 0.25) is 5.02 Å². The predicted molar refractivity (Wildman–Crippen MR) is 113 cm³/mol. The van der Waals surface area contributed by atoms with Crippen LogP contribution in [-0.4, -0.2) is 61.6 Å². The number of halogens is 2. The Kier molecular flexibility index (Phi) is 5.50. The molecule has 1 fully saturated rings. The molecule has 146 valence electrons. The number of piperazine rings is 1. The molecule has 0 saturated carbocycles. The van der Waals surface area contributed by atoms with E-state index in [0.717, 1.165) is 42.0 Å². The van der Waals surface area contributed by atoms with E-state index in [2.05, 4.69) is 35.9 Å². The molecule has 2 aromatic heterocycles. The van der Waals surface area contributed by atoms with Gasteiger partial charge < -0.3 is 9.80 Å². The van der Waals surface area contributed by atoms with Gasteiger partial charge in [-0.3, -0.25) is 4.79 Å². The second-order valence-electron chi connectivity index (χ2n) is 6.66. The number of nitrogens with zero attached hydrogens (tertiary/aromatic N) is 6. The molecule has 1 saturated heterocycles. The van der Waals surface area contributed by atoms with Gasteiger partial charge in [-0.1, -0.05) is 40.5 Å². The van der Waals surface area contributed by atoms with Crippen molar-refractivity contribution in [3.05, 3.63) is 41.8 Å². The first-order valence-electron chi connectivity index (χ1n) is 9.21. The van der Waals surface area contributed by atoms with E-state index in [1.165, 1.54) is 0 Å². The van der Waals surface area contributed by atoms with Crippen LogP contribution >= 0.6 is 27.5 Å². The third-order valence-corrected chi connectivity index (χ3v) is 6.19. The van der Waals surface area contributed by atoms with Crippen LogP contribution in [0.15, 0.2) is 36.8 Å². The summed E-state index contributed by atoms with van der Waals surface area (Å²) in [6.07, 6.45) is 4.13. The molecule has 9 heteroatoms. The molecule has 3 aromatic rings. The fourth-order valence-corrected chi connectivity index (χ4v) is 3.87. The lowest BCUT2D eigenvalue weighted by atomic mass is 10.2. The summed E-state index contributed by atoms with van der Waals surface area (Å²) in [5, 5.41) is 6.03. The average molecular weight is 464 g/mol. The molecule has 0 bridgehead atoms. The summed E-state index contributed by atoms with van der Waals surface area (Å²) in [5.74, 6) is 1.00. The highest BCUT2D eigenvalue weighted by atomic mass is 79.9. The molecular weight excluding hydrogens is 444 g/mol. The third-order valence-electron chi connectivity index (χ3n) is 4.91. The lowest BCUT2D eigenvalue weighted by molar-refractivity contribution is -0.130. The van der Waals surface area contributed by atoms with Crippen LogP contribution in [0.3, 0.4) is 0 Å². The molecule has 28 heavy (non-hydrogen) atoms. The van der Waals surface area contributed by atoms with Crippen molar-refractivity contribution in [3.8, 4) is 5.69 Å². The van der Waals surface area contributed by atoms with Crippen molar-refractivity contribution in [3.63, 3.8) is 0 Å². The molecule has 1 aliphatic heterocycles. The lowest BCUT2D eigenvalue weighted by Crippen LogP contribution is -2.50. The van der Waals surface area contributed by atoms with Gasteiger partial charge in [-0.05, 0) is 24.6 Å². The van der Waals surface area contributed by atoms with Crippen molar-refractivity contribution >= 4 is 50.3 Å². The summed E-state index contributed by atoms with van der Waals surface area (Å²) < 4.78 is 1.77. The summed E-state index contributed by atoms with van der Waals surface area (Å²) in [6.45, 7) is 4.81. The Bertz CT molecular complexity index is 1000. The van der Waals surface area contributed by atoms with Gasteiger partial charge in [-0.2, -0.15) is 5.10 Å². The summed E-state index contributed by atoms with van der Waals surface area (Å²) in [7, 11) is 0. The number of amides is 1. The van der Waals surface area contributed by atoms with Gasteiger partial charge >= 0.3 is 0 Å². The molecule has 1 amide bonds. The standard InChI is InChI=1S/C19H20BrClN6O/c1-2-16(20)19(28)26-8-6-25(7-9-26)17-15-11-24-27(18(15)23-12-22-17)14-5-3-4-13(21)10-14/h3-5,10-12,16H,2,6-9H2,1H3. The first-order chi connectivity index (χ1) is 13.6. The summed E-state index contributed by atoms with van der Waals surface area (Å²) in [5.41, 5.74) is 1.59.